The van der Waals surface area contributed by atoms with E-state index in [1.165, 1.54) is 19.3 Å². The minimum absolute atomic E-state index is 0.351. The van der Waals surface area contributed by atoms with Gasteiger partial charge in [0.1, 0.15) is 0 Å². The van der Waals surface area contributed by atoms with Gasteiger partial charge in [0.05, 0.1) is 5.60 Å². The molecule has 1 heteroatoms. The Labute approximate surface area is 99.6 Å². The van der Waals surface area contributed by atoms with Crippen molar-refractivity contribution in [3.05, 3.63) is 0 Å². The van der Waals surface area contributed by atoms with Crippen LogP contribution in [-0.4, -0.2) is 10.7 Å². The molecule has 3 saturated carbocycles. The lowest BCUT2D eigenvalue weighted by Crippen LogP contribution is -2.30. The second-order valence-electron chi connectivity index (χ2n) is 7.36. The van der Waals surface area contributed by atoms with E-state index < -0.39 is 0 Å². The van der Waals surface area contributed by atoms with Crippen LogP contribution in [-0.2, 0) is 0 Å². The minimum atomic E-state index is -0.351. The van der Waals surface area contributed by atoms with E-state index in [0.717, 1.165) is 30.1 Å². The average molecular weight is 222 g/mol. The minimum Gasteiger partial charge on any atom is -0.390 e. The third kappa shape index (κ3) is 1.11. The fourth-order valence-electron chi connectivity index (χ4n) is 5.57. The first-order chi connectivity index (χ1) is 7.41. The first-order valence-electron chi connectivity index (χ1n) is 7.13. The van der Waals surface area contributed by atoms with Crippen molar-refractivity contribution in [3.63, 3.8) is 0 Å². The molecule has 0 bridgehead atoms. The molecule has 0 aromatic rings. The molecule has 1 nitrogen and oxygen atoms in total. The van der Waals surface area contributed by atoms with Crippen LogP contribution >= 0.6 is 0 Å². The normalized spacial score (nSPS) is 59.6. The van der Waals surface area contributed by atoms with Gasteiger partial charge in [-0.15, -0.1) is 0 Å². The third-order valence-electron chi connectivity index (χ3n) is 6.35. The van der Waals surface area contributed by atoms with Gasteiger partial charge in [0, 0.05) is 0 Å². The maximum Gasteiger partial charge on any atom is 0.0656 e. The molecule has 1 N–H and O–H groups in total. The summed E-state index contributed by atoms with van der Waals surface area (Å²) in [5, 5.41) is 10.5. The van der Waals surface area contributed by atoms with E-state index in [9.17, 15) is 5.11 Å². The van der Waals surface area contributed by atoms with Gasteiger partial charge in [0.2, 0.25) is 0 Å². The van der Waals surface area contributed by atoms with Crippen molar-refractivity contribution >= 4 is 0 Å². The van der Waals surface area contributed by atoms with Gasteiger partial charge in [-0.25, -0.2) is 0 Å². The lowest BCUT2D eigenvalue weighted by atomic mass is 9.69. The first-order valence-corrected chi connectivity index (χ1v) is 7.13. The molecule has 0 saturated heterocycles. The Bertz CT molecular complexity index is 307. The van der Waals surface area contributed by atoms with Crippen molar-refractivity contribution < 1.29 is 5.11 Å². The molecular weight excluding hydrogens is 196 g/mol. The van der Waals surface area contributed by atoms with E-state index >= 15 is 0 Å². The Balaban J connectivity index is 1.92. The highest BCUT2D eigenvalue weighted by molar-refractivity contribution is 5.26. The highest BCUT2D eigenvalue weighted by Gasteiger charge is 2.77. The predicted molar refractivity (Wildman–Crippen MR) is 66.0 cm³/mol. The summed E-state index contributed by atoms with van der Waals surface area (Å²) in [7, 11) is 0. The van der Waals surface area contributed by atoms with Gasteiger partial charge >= 0.3 is 0 Å². The summed E-state index contributed by atoms with van der Waals surface area (Å²) in [5.41, 5.74) is 0.201. The molecule has 6 atom stereocenters. The summed E-state index contributed by atoms with van der Waals surface area (Å²) in [6.45, 7) is 9.27. The van der Waals surface area contributed by atoms with Crippen LogP contribution in [0.5, 0.6) is 0 Å². The number of aliphatic hydroxyl groups is 1. The monoisotopic (exact) mass is 222 g/mol. The zero-order chi connectivity index (χ0) is 11.7. The number of fused-ring (bicyclic) bond motifs is 1. The highest BCUT2D eigenvalue weighted by atomic mass is 16.3. The molecule has 3 rings (SSSR count). The van der Waals surface area contributed by atoms with Crippen LogP contribution < -0.4 is 0 Å². The van der Waals surface area contributed by atoms with E-state index in [0.29, 0.717) is 11.3 Å². The van der Waals surface area contributed by atoms with Gasteiger partial charge in [-0.05, 0) is 67.6 Å². The Morgan fingerprint density at radius 3 is 2.50 bits per heavy atom. The third-order valence-corrected chi connectivity index (χ3v) is 6.35. The van der Waals surface area contributed by atoms with Gasteiger partial charge in [-0.2, -0.15) is 0 Å². The number of rotatable bonds is 1. The summed E-state index contributed by atoms with van der Waals surface area (Å²) in [6.07, 6.45) is 5.13. The van der Waals surface area contributed by atoms with E-state index in [1.54, 1.807) is 0 Å². The second kappa shape index (κ2) is 3.04. The molecule has 0 amide bonds. The molecule has 3 fully saturated rings. The fourth-order valence-corrected chi connectivity index (χ4v) is 5.57. The molecule has 92 valence electrons. The molecular formula is C15H26O. The van der Waals surface area contributed by atoms with Gasteiger partial charge < -0.3 is 5.11 Å². The van der Waals surface area contributed by atoms with Crippen molar-refractivity contribution in [2.45, 2.75) is 59.0 Å². The van der Waals surface area contributed by atoms with Gasteiger partial charge in [0.25, 0.3) is 0 Å². The van der Waals surface area contributed by atoms with Crippen molar-refractivity contribution in [2.75, 3.05) is 0 Å². The van der Waals surface area contributed by atoms with Gasteiger partial charge in [0.15, 0.2) is 0 Å². The largest absolute Gasteiger partial charge is 0.390 e. The molecule has 3 aliphatic carbocycles. The average Bonchev–Trinajstić information content (AvgIpc) is 2.79. The Kier molecular flexibility index (Phi) is 2.11. The lowest BCUT2D eigenvalue weighted by molar-refractivity contribution is 0.0291. The van der Waals surface area contributed by atoms with Crippen molar-refractivity contribution in [2.24, 2.45) is 35.0 Å². The summed E-state index contributed by atoms with van der Waals surface area (Å²) < 4.78 is 0. The standard InChI is InChI=1S/C15H26O/c1-9(2)11-6-5-10(3)15-8-7-14(4,16)13(15)12(11)15/h9-13,16H,5-8H2,1-4H3/t10-,11?,12-,13+,14-,15?/m1/s1. The molecule has 16 heavy (non-hydrogen) atoms. The van der Waals surface area contributed by atoms with Crippen LogP contribution in [0.25, 0.3) is 0 Å². The summed E-state index contributed by atoms with van der Waals surface area (Å²) in [6, 6.07) is 0. The molecule has 0 radical (unpaired) electrons. The first kappa shape index (κ1) is 11.1. The van der Waals surface area contributed by atoms with E-state index in [4.69, 9.17) is 0 Å². The quantitative estimate of drug-likeness (QED) is 0.720. The molecule has 0 heterocycles. The number of hydrogen-bond donors (Lipinski definition) is 1. The van der Waals surface area contributed by atoms with Crippen molar-refractivity contribution in [1.29, 1.82) is 0 Å². The summed E-state index contributed by atoms with van der Waals surface area (Å²) >= 11 is 0. The molecule has 0 aliphatic heterocycles. The molecule has 0 aromatic carbocycles. The zero-order valence-corrected chi connectivity index (χ0v) is 11.2. The molecule has 1 spiro atoms. The van der Waals surface area contributed by atoms with Crippen LogP contribution in [0.2, 0.25) is 0 Å². The zero-order valence-electron chi connectivity index (χ0n) is 11.2. The van der Waals surface area contributed by atoms with Crippen LogP contribution in [0, 0.1) is 35.0 Å². The molecule has 2 unspecified atom stereocenters. The predicted octanol–water partition coefficient (Wildman–Crippen LogP) is 3.47. The SMILES string of the molecule is CC(C)C1CC[C@@H](C)C23CC[C@@](C)(O)[C@@H]2[C@@H]13. The van der Waals surface area contributed by atoms with E-state index in [2.05, 4.69) is 27.7 Å². The van der Waals surface area contributed by atoms with E-state index in [-0.39, 0.29) is 5.60 Å². The van der Waals surface area contributed by atoms with Crippen LogP contribution in [0.1, 0.15) is 53.4 Å². The van der Waals surface area contributed by atoms with Crippen molar-refractivity contribution in [3.8, 4) is 0 Å². The Morgan fingerprint density at radius 2 is 1.88 bits per heavy atom. The topological polar surface area (TPSA) is 20.2 Å². The smallest absolute Gasteiger partial charge is 0.0656 e. The van der Waals surface area contributed by atoms with Crippen LogP contribution in [0.3, 0.4) is 0 Å². The summed E-state index contributed by atoms with van der Waals surface area (Å²) in [4.78, 5) is 0. The molecule has 3 aliphatic rings. The van der Waals surface area contributed by atoms with Crippen LogP contribution in [0.4, 0.5) is 0 Å². The molecule has 0 aromatic heterocycles. The Morgan fingerprint density at radius 1 is 1.19 bits per heavy atom. The summed E-state index contributed by atoms with van der Waals surface area (Å²) in [5.74, 6) is 4.01. The second-order valence-corrected chi connectivity index (χ2v) is 7.36. The number of hydrogen-bond acceptors (Lipinski definition) is 1. The van der Waals surface area contributed by atoms with E-state index in [1.807, 2.05) is 0 Å². The fraction of sp³-hybridized carbons (Fsp3) is 1.00. The highest BCUT2D eigenvalue weighted by Crippen LogP contribution is 2.80. The Hall–Kier alpha value is -0.0400. The lowest BCUT2D eigenvalue weighted by Gasteiger charge is -2.36. The van der Waals surface area contributed by atoms with Crippen molar-refractivity contribution in [1.82, 2.24) is 0 Å². The maximum atomic E-state index is 10.5. The maximum absolute atomic E-state index is 10.5. The van der Waals surface area contributed by atoms with Gasteiger partial charge in [-0.3, -0.25) is 0 Å². The van der Waals surface area contributed by atoms with Crippen LogP contribution in [0.15, 0.2) is 0 Å². The van der Waals surface area contributed by atoms with Gasteiger partial charge in [-0.1, -0.05) is 20.8 Å².